The Morgan fingerprint density at radius 1 is 1.24 bits per heavy atom. The molecule has 0 unspecified atom stereocenters. The Bertz CT molecular complexity index is 401. The molecule has 0 bridgehead atoms. The van der Waals surface area contributed by atoms with E-state index in [9.17, 15) is 9.59 Å². The predicted molar refractivity (Wildman–Crippen MR) is 64.3 cm³/mol. The number of amides is 1. The topological polar surface area (TPSA) is 55.4 Å². The normalized spacial score (nSPS) is 9.76. The molecular weight excluding hydrogens is 218 g/mol. The zero-order chi connectivity index (χ0) is 12.7. The van der Waals surface area contributed by atoms with Gasteiger partial charge in [-0.3, -0.25) is 9.59 Å². The van der Waals surface area contributed by atoms with E-state index >= 15 is 0 Å². The molecule has 1 N–H and O–H groups in total. The van der Waals surface area contributed by atoms with Crippen molar-refractivity contribution in [1.29, 1.82) is 0 Å². The van der Waals surface area contributed by atoms with Gasteiger partial charge in [-0.15, -0.1) is 0 Å². The Morgan fingerprint density at radius 2 is 1.94 bits per heavy atom. The molecule has 1 aromatic carbocycles. The summed E-state index contributed by atoms with van der Waals surface area (Å²) in [6.07, 6.45) is 0.286. The van der Waals surface area contributed by atoms with Crippen molar-refractivity contribution >= 4 is 11.9 Å². The number of aryl methyl sites for hydroxylation is 1. The average Bonchev–Trinajstić information content (AvgIpc) is 2.35. The van der Waals surface area contributed by atoms with Gasteiger partial charge in [-0.1, -0.05) is 24.3 Å². The summed E-state index contributed by atoms with van der Waals surface area (Å²) in [7, 11) is 1.31. The van der Waals surface area contributed by atoms with Crippen LogP contribution in [0.3, 0.4) is 0 Å². The number of benzene rings is 1. The van der Waals surface area contributed by atoms with Crippen LogP contribution < -0.4 is 5.32 Å². The maximum absolute atomic E-state index is 11.4. The largest absolute Gasteiger partial charge is 0.469 e. The summed E-state index contributed by atoms with van der Waals surface area (Å²) in [5.74, 6) is -0.505. The molecule has 1 rings (SSSR count). The second-order valence-corrected chi connectivity index (χ2v) is 3.78. The van der Waals surface area contributed by atoms with Crippen LogP contribution in [0.5, 0.6) is 0 Å². The molecule has 0 saturated heterocycles. The molecule has 0 atom stereocenters. The maximum Gasteiger partial charge on any atom is 0.306 e. The molecular formula is C13H17NO3. The first-order valence-corrected chi connectivity index (χ1v) is 5.51. The highest BCUT2D eigenvalue weighted by Crippen LogP contribution is 2.06. The van der Waals surface area contributed by atoms with E-state index in [1.54, 1.807) is 0 Å². The molecule has 1 aromatic rings. The van der Waals surface area contributed by atoms with Gasteiger partial charge in [0, 0.05) is 13.0 Å². The zero-order valence-electron chi connectivity index (χ0n) is 10.2. The molecule has 0 fully saturated rings. The van der Waals surface area contributed by atoms with Crippen molar-refractivity contribution in [3.8, 4) is 0 Å². The summed E-state index contributed by atoms with van der Waals surface area (Å²) >= 11 is 0. The summed E-state index contributed by atoms with van der Waals surface area (Å²) in [5.41, 5.74) is 2.22. The highest BCUT2D eigenvalue weighted by Gasteiger charge is 2.06. The third-order valence-electron chi connectivity index (χ3n) is 2.52. The minimum atomic E-state index is -0.365. The number of hydrogen-bond acceptors (Lipinski definition) is 3. The van der Waals surface area contributed by atoms with Crippen LogP contribution in [-0.4, -0.2) is 19.0 Å². The van der Waals surface area contributed by atoms with Crippen molar-refractivity contribution in [2.45, 2.75) is 26.3 Å². The summed E-state index contributed by atoms with van der Waals surface area (Å²) in [6.45, 7) is 2.49. The minimum absolute atomic E-state index is 0.121. The molecule has 0 aliphatic carbocycles. The Hall–Kier alpha value is -1.84. The summed E-state index contributed by atoms with van der Waals surface area (Å²) in [6, 6.07) is 7.85. The van der Waals surface area contributed by atoms with Crippen LogP contribution in [0.15, 0.2) is 24.3 Å². The Balaban J connectivity index is 2.34. The van der Waals surface area contributed by atoms with Crippen LogP contribution >= 0.6 is 0 Å². The van der Waals surface area contributed by atoms with Crippen LogP contribution in [0.4, 0.5) is 0 Å². The van der Waals surface area contributed by atoms with E-state index in [0.29, 0.717) is 6.54 Å². The monoisotopic (exact) mass is 235 g/mol. The van der Waals surface area contributed by atoms with Gasteiger partial charge in [0.15, 0.2) is 0 Å². The first kappa shape index (κ1) is 13.2. The van der Waals surface area contributed by atoms with Crippen LogP contribution in [0.2, 0.25) is 0 Å². The fourth-order valence-electron chi connectivity index (χ4n) is 1.41. The van der Waals surface area contributed by atoms with Crippen molar-refractivity contribution in [2.24, 2.45) is 0 Å². The number of esters is 1. The van der Waals surface area contributed by atoms with Gasteiger partial charge in [0.25, 0.3) is 0 Å². The van der Waals surface area contributed by atoms with E-state index in [1.165, 1.54) is 7.11 Å². The highest BCUT2D eigenvalue weighted by atomic mass is 16.5. The first-order chi connectivity index (χ1) is 8.13. The van der Waals surface area contributed by atoms with Gasteiger partial charge < -0.3 is 10.1 Å². The van der Waals surface area contributed by atoms with E-state index in [0.717, 1.165) is 11.1 Å². The lowest BCUT2D eigenvalue weighted by Gasteiger charge is -2.07. The standard InChI is InChI=1S/C13H17NO3/c1-10-5-3-4-6-11(10)9-14-12(15)7-8-13(16)17-2/h3-6H,7-9H2,1-2H3,(H,14,15). The average molecular weight is 235 g/mol. The van der Waals surface area contributed by atoms with Gasteiger partial charge in [0.05, 0.1) is 13.5 Å². The number of methoxy groups -OCH3 is 1. The molecule has 0 radical (unpaired) electrons. The van der Waals surface area contributed by atoms with Gasteiger partial charge in [0.1, 0.15) is 0 Å². The highest BCUT2D eigenvalue weighted by molar-refractivity contribution is 5.81. The van der Waals surface area contributed by atoms with Crippen molar-refractivity contribution in [3.63, 3.8) is 0 Å². The number of carbonyl (C=O) groups is 2. The summed E-state index contributed by atoms with van der Waals surface area (Å²) in [4.78, 5) is 22.3. The smallest absolute Gasteiger partial charge is 0.306 e. The lowest BCUT2D eigenvalue weighted by molar-refractivity contribution is -0.142. The van der Waals surface area contributed by atoms with E-state index in [4.69, 9.17) is 0 Å². The molecule has 0 spiro atoms. The lowest BCUT2D eigenvalue weighted by Crippen LogP contribution is -2.23. The van der Waals surface area contributed by atoms with Gasteiger partial charge in [-0.2, -0.15) is 0 Å². The first-order valence-electron chi connectivity index (χ1n) is 5.51. The Kier molecular flexibility index (Phi) is 5.20. The molecule has 1 amide bonds. The second kappa shape index (κ2) is 6.68. The molecule has 0 saturated carbocycles. The quantitative estimate of drug-likeness (QED) is 0.788. The Morgan fingerprint density at radius 3 is 2.59 bits per heavy atom. The van der Waals surface area contributed by atoms with Crippen LogP contribution in [0.1, 0.15) is 24.0 Å². The molecule has 0 aromatic heterocycles. The van der Waals surface area contributed by atoms with E-state index in [-0.39, 0.29) is 24.7 Å². The molecule has 0 aliphatic rings. The molecule has 0 heterocycles. The molecule has 0 aliphatic heterocycles. The molecule has 92 valence electrons. The van der Waals surface area contributed by atoms with Crippen molar-refractivity contribution in [2.75, 3.05) is 7.11 Å². The zero-order valence-corrected chi connectivity index (χ0v) is 10.2. The van der Waals surface area contributed by atoms with Crippen molar-refractivity contribution < 1.29 is 14.3 Å². The van der Waals surface area contributed by atoms with Gasteiger partial charge in [-0.05, 0) is 18.1 Å². The van der Waals surface area contributed by atoms with Crippen molar-refractivity contribution in [1.82, 2.24) is 5.32 Å². The lowest BCUT2D eigenvalue weighted by atomic mass is 10.1. The molecule has 4 nitrogen and oxygen atoms in total. The van der Waals surface area contributed by atoms with Crippen LogP contribution in [0, 0.1) is 6.92 Å². The molecule has 17 heavy (non-hydrogen) atoms. The van der Waals surface area contributed by atoms with Crippen LogP contribution in [-0.2, 0) is 20.9 Å². The minimum Gasteiger partial charge on any atom is -0.469 e. The third-order valence-corrected chi connectivity index (χ3v) is 2.52. The Labute approximate surface area is 101 Å². The van der Waals surface area contributed by atoms with Gasteiger partial charge in [0.2, 0.25) is 5.91 Å². The van der Waals surface area contributed by atoms with Gasteiger partial charge >= 0.3 is 5.97 Å². The predicted octanol–water partition coefficient (Wildman–Crippen LogP) is 1.56. The fourth-order valence-corrected chi connectivity index (χ4v) is 1.41. The SMILES string of the molecule is COC(=O)CCC(=O)NCc1ccccc1C. The van der Waals surface area contributed by atoms with E-state index < -0.39 is 0 Å². The number of carbonyl (C=O) groups excluding carboxylic acids is 2. The van der Waals surface area contributed by atoms with E-state index in [2.05, 4.69) is 10.1 Å². The number of hydrogen-bond donors (Lipinski definition) is 1. The van der Waals surface area contributed by atoms with Crippen molar-refractivity contribution in [3.05, 3.63) is 35.4 Å². The van der Waals surface area contributed by atoms with Gasteiger partial charge in [-0.25, -0.2) is 0 Å². The summed E-state index contributed by atoms with van der Waals surface area (Å²) < 4.78 is 4.46. The maximum atomic E-state index is 11.4. The second-order valence-electron chi connectivity index (χ2n) is 3.78. The van der Waals surface area contributed by atoms with E-state index in [1.807, 2.05) is 31.2 Å². The molecule has 4 heteroatoms. The third kappa shape index (κ3) is 4.68. The van der Waals surface area contributed by atoms with Crippen LogP contribution in [0.25, 0.3) is 0 Å². The number of nitrogens with one attached hydrogen (secondary N) is 1. The fraction of sp³-hybridized carbons (Fsp3) is 0.385. The number of ether oxygens (including phenoxy) is 1. The number of rotatable bonds is 5. The summed E-state index contributed by atoms with van der Waals surface area (Å²) in [5, 5.41) is 2.77.